The van der Waals surface area contributed by atoms with Gasteiger partial charge in [0.05, 0.1) is 17.7 Å². The molecule has 8 nitrogen and oxygen atoms in total. The van der Waals surface area contributed by atoms with Crippen LogP contribution in [0.4, 0.5) is 0 Å². The first-order valence-corrected chi connectivity index (χ1v) is 15.3. The van der Waals surface area contributed by atoms with Gasteiger partial charge in [-0.05, 0) is 37.2 Å². The molecule has 2 unspecified atom stereocenters. The zero-order valence-electron chi connectivity index (χ0n) is 24.6. The van der Waals surface area contributed by atoms with Crippen LogP contribution < -0.4 is 5.56 Å². The van der Waals surface area contributed by atoms with Crippen LogP contribution in [0.2, 0.25) is 0 Å². The van der Waals surface area contributed by atoms with E-state index in [1.807, 2.05) is 30.3 Å². The molecule has 1 aliphatic heterocycles. The Kier molecular flexibility index (Phi) is 8.71. The number of hydrogen-bond donors (Lipinski definition) is 2. The highest BCUT2D eigenvalue weighted by molar-refractivity contribution is 6.00. The molecule has 1 saturated heterocycles. The van der Waals surface area contributed by atoms with E-state index >= 15 is 0 Å². The zero-order valence-corrected chi connectivity index (χ0v) is 24.6. The van der Waals surface area contributed by atoms with Gasteiger partial charge in [-0.3, -0.25) is 14.4 Å². The largest absolute Gasteiger partial charge is 0.387 e. The molecule has 5 rings (SSSR count). The number of aliphatic hydroxyl groups is 2. The molecular weight excluding hydrogens is 518 g/mol. The fourth-order valence-electron chi connectivity index (χ4n) is 7.58. The van der Waals surface area contributed by atoms with E-state index < -0.39 is 17.1 Å². The molecule has 1 aromatic carbocycles. The number of piperidine rings is 1. The number of pyridine rings is 1. The molecule has 222 valence electrons. The Hall–Kier alpha value is -2.97. The Bertz CT molecular complexity index is 1290. The maximum Gasteiger partial charge on any atom is 0.255 e. The van der Waals surface area contributed by atoms with Crippen LogP contribution in [0.25, 0.3) is 11.1 Å². The van der Waals surface area contributed by atoms with Crippen LogP contribution in [0.15, 0.2) is 47.4 Å². The average Bonchev–Trinajstić information content (AvgIpc) is 3.45. The maximum absolute atomic E-state index is 13.5. The third-order valence-corrected chi connectivity index (χ3v) is 9.99. The van der Waals surface area contributed by atoms with Crippen molar-refractivity contribution in [2.24, 2.45) is 11.3 Å². The number of nitrogens with zero attached hydrogens (tertiary/aromatic N) is 3. The Balaban J connectivity index is 1.40. The Morgan fingerprint density at radius 1 is 1.02 bits per heavy atom. The first-order valence-electron chi connectivity index (χ1n) is 15.3. The summed E-state index contributed by atoms with van der Waals surface area (Å²) in [5.41, 5.74) is -0.294. The van der Waals surface area contributed by atoms with Crippen LogP contribution in [0.1, 0.15) is 81.0 Å². The van der Waals surface area contributed by atoms with Crippen LogP contribution >= 0.6 is 0 Å². The molecule has 3 aliphatic rings. The fourth-order valence-corrected chi connectivity index (χ4v) is 7.58. The third-order valence-electron chi connectivity index (χ3n) is 9.99. The second-order valence-electron chi connectivity index (χ2n) is 12.9. The molecule has 2 saturated carbocycles. The van der Waals surface area contributed by atoms with E-state index in [2.05, 4.69) is 0 Å². The average molecular weight is 564 g/mol. The second kappa shape index (κ2) is 12.1. The van der Waals surface area contributed by atoms with Crippen LogP contribution in [-0.2, 0) is 11.3 Å². The second-order valence-corrected chi connectivity index (χ2v) is 12.9. The number of benzene rings is 1. The molecule has 1 aromatic heterocycles. The molecular formula is C33H45N3O5. The minimum Gasteiger partial charge on any atom is -0.387 e. The molecule has 3 fully saturated rings. The van der Waals surface area contributed by atoms with Crippen molar-refractivity contribution < 1.29 is 19.8 Å². The highest BCUT2D eigenvalue weighted by Crippen LogP contribution is 2.51. The lowest BCUT2D eigenvalue weighted by Crippen LogP contribution is -2.63. The number of aliphatic hydroxyl groups excluding tert-OH is 1. The normalized spacial score (nSPS) is 23.5. The van der Waals surface area contributed by atoms with Crippen molar-refractivity contribution in [3.8, 4) is 11.1 Å². The first kappa shape index (κ1) is 29.5. The summed E-state index contributed by atoms with van der Waals surface area (Å²) in [5, 5.41) is 23.1. The van der Waals surface area contributed by atoms with Gasteiger partial charge in [-0.25, -0.2) is 0 Å². The first-order chi connectivity index (χ1) is 19.6. The summed E-state index contributed by atoms with van der Waals surface area (Å²) in [6.07, 6.45) is 10.5. The Morgan fingerprint density at radius 3 is 2.37 bits per heavy atom. The summed E-state index contributed by atoms with van der Waals surface area (Å²) in [6.45, 7) is 0.769. The molecule has 41 heavy (non-hydrogen) atoms. The fraction of sp³-hybridized carbons (Fsp3) is 0.606. The van der Waals surface area contributed by atoms with E-state index in [-0.39, 0.29) is 23.9 Å². The SMILES string of the molecule is CN(C)C(=O)c1cn(CC2(O)CCN(C(=O)C(O)CC3CCCCC3)CC23CCCC3)c(=O)cc1-c1ccccc1. The summed E-state index contributed by atoms with van der Waals surface area (Å²) in [6, 6.07) is 10.9. The van der Waals surface area contributed by atoms with E-state index in [9.17, 15) is 24.6 Å². The Morgan fingerprint density at radius 2 is 1.71 bits per heavy atom. The molecule has 0 radical (unpaired) electrons. The van der Waals surface area contributed by atoms with E-state index in [0.717, 1.165) is 44.1 Å². The summed E-state index contributed by atoms with van der Waals surface area (Å²) in [5.74, 6) is -0.0469. The van der Waals surface area contributed by atoms with E-state index in [0.29, 0.717) is 43.0 Å². The zero-order chi connectivity index (χ0) is 29.2. The minimum atomic E-state index is -1.22. The number of carbonyl (C=O) groups is 2. The third kappa shape index (κ3) is 6.00. The number of likely N-dealkylation sites (tertiary alicyclic amines) is 1. The molecule has 2 N–H and O–H groups in total. The number of rotatable bonds is 7. The Labute approximate surface area is 243 Å². The van der Waals surface area contributed by atoms with Crippen LogP contribution in [-0.4, -0.2) is 75.3 Å². The summed E-state index contributed by atoms with van der Waals surface area (Å²) in [7, 11) is 3.37. The predicted molar refractivity (Wildman–Crippen MR) is 158 cm³/mol. The molecule has 2 heterocycles. The lowest BCUT2D eigenvalue weighted by atomic mass is 9.65. The maximum atomic E-state index is 13.5. The number of amides is 2. The van der Waals surface area contributed by atoms with Gasteiger partial charge < -0.3 is 24.6 Å². The van der Waals surface area contributed by atoms with Crippen molar-refractivity contribution in [3.63, 3.8) is 0 Å². The van der Waals surface area contributed by atoms with Crippen molar-refractivity contribution in [1.29, 1.82) is 0 Å². The van der Waals surface area contributed by atoms with Gasteiger partial charge in [-0.2, -0.15) is 0 Å². The molecule has 8 heteroatoms. The number of carbonyl (C=O) groups excluding carboxylic acids is 2. The van der Waals surface area contributed by atoms with E-state index in [1.165, 1.54) is 34.8 Å². The smallest absolute Gasteiger partial charge is 0.255 e. The van der Waals surface area contributed by atoms with Gasteiger partial charge in [0.2, 0.25) is 0 Å². The molecule has 2 aromatic rings. The van der Waals surface area contributed by atoms with Crippen molar-refractivity contribution in [1.82, 2.24) is 14.4 Å². The quantitative estimate of drug-likeness (QED) is 0.529. The van der Waals surface area contributed by atoms with Crippen molar-refractivity contribution in [2.45, 2.75) is 88.9 Å². The molecule has 2 aliphatic carbocycles. The van der Waals surface area contributed by atoms with Gasteiger partial charge in [0.15, 0.2) is 0 Å². The summed E-state index contributed by atoms with van der Waals surface area (Å²) < 4.78 is 1.48. The van der Waals surface area contributed by atoms with Gasteiger partial charge in [0.25, 0.3) is 17.4 Å². The van der Waals surface area contributed by atoms with Gasteiger partial charge in [0, 0.05) is 50.4 Å². The van der Waals surface area contributed by atoms with Gasteiger partial charge in [-0.15, -0.1) is 0 Å². The van der Waals surface area contributed by atoms with Crippen molar-refractivity contribution in [2.75, 3.05) is 27.2 Å². The molecule has 2 atom stereocenters. The topological polar surface area (TPSA) is 103 Å². The van der Waals surface area contributed by atoms with Gasteiger partial charge >= 0.3 is 0 Å². The van der Waals surface area contributed by atoms with Crippen LogP contribution in [0, 0.1) is 11.3 Å². The van der Waals surface area contributed by atoms with Crippen molar-refractivity contribution in [3.05, 3.63) is 58.5 Å². The van der Waals surface area contributed by atoms with Gasteiger partial charge in [0.1, 0.15) is 6.10 Å². The highest BCUT2D eigenvalue weighted by Gasteiger charge is 2.56. The predicted octanol–water partition coefficient (Wildman–Crippen LogP) is 4.07. The van der Waals surface area contributed by atoms with Gasteiger partial charge in [-0.1, -0.05) is 75.3 Å². The number of aromatic nitrogens is 1. The van der Waals surface area contributed by atoms with Crippen LogP contribution in [0.5, 0.6) is 0 Å². The summed E-state index contributed by atoms with van der Waals surface area (Å²) >= 11 is 0. The lowest BCUT2D eigenvalue weighted by Gasteiger charge is -2.52. The van der Waals surface area contributed by atoms with Crippen LogP contribution in [0.3, 0.4) is 0 Å². The standard InChI is InChI=1S/C33H45N3O5/c1-34(2)30(39)27-21-36(29(38)20-26(27)25-13-7-4-8-14-25)23-33(41)17-18-35(22-32(33)15-9-10-16-32)31(40)28(37)19-24-11-5-3-6-12-24/h4,7-8,13-14,20-21,24,28,37,41H,3,5-6,9-12,15-19,22-23H2,1-2H3. The number of hydrogen-bond acceptors (Lipinski definition) is 5. The van der Waals surface area contributed by atoms with E-state index in [1.54, 1.807) is 25.2 Å². The van der Waals surface area contributed by atoms with E-state index in [4.69, 9.17) is 0 Å². The highest BCUT2D eigenvalue weighted by atomic mass is 16.3. The van der Waals surface area contributed by atoms with Crippen molar-refractivity contribution >= 4 is 11.8 Å². The minimum absolute atomic E-state index is 0.0568. The molecule has 1 spiro atoms. The summed E-state index contributed by atoms with van der Waals surface area (Å²) in [4.78, 5) is 43.3. The molecule has 2 amide bonds. The monoisotopic (exact) mass is 563 g/mol. The molecule has 0 bridgehead atoms. The lowest BCUT2D eigenvalue weighted by molar-refractivity contribution is -0.167.